The fourth-order valence-electron chi connectivity index (χ4n) is 1.80. The molecule has 0 bridgehead atoms. The summed E-state index contributed by atoms with van der Waals surface area (Å²) >= 11 is 0. The lowest BCUT2D eigenvalue weighted by atomic mass is 10.2. The Kier molecular flexibility index (Phi) is 3.54. The number of esters is 1. The third-order valence-electron chi connectivity index (χ3n) is 2.98. The molecule has 1 aliphatic carbocycles. The average molecular weight is 256 g/mol. The first kappa shape index (κ1) is 12.9. The zero-order valence-electron chi connectivity index (χ0n) is 10.2. The Hall–Kier alpha value is -1.59. The molecule has 0 aliphatic heterocycles. The van der Waals surface area contributed by atoms with E-state index in [0.29, 0.717) is 11.7 Å². The molecule has 18 heavy (non-hydrogen) atoms. The summed E-state index contributed by atoms with van der Waals surface area (Å²) in [6.45, 7) is 3.75. The predicted octanol–water partition coefficient (Wildman–Crippen LogP) is 2.71. The van der Waals surface area contributed by atoms with Crippen LogP contribution in [0.4, 0.5) is 8.78 Å². The molecular weight excluding hydrogens is 242 g/mol. The number of hydrogen-bond donors (Lipinski definition) is 0. The van der Waals surface area contributed by atoms with E-state index in [4.69, 9.17) is 4.74 Å². The molecule has 0 saturated heterocycles. The predicted molar refractivity (Wildman–Crippen MR) is 59.5 cm³/mol. The van der Waals surface area contributed by atoms with Gasteiger partial charge in [-0.05, 0) is 19.3 Å². The Morgan fingerprint density at radius 3 is 2.78 bits per heavy atom. The van der Waals surface area contributed by atoms with Gasteiger partial charge in [0.25, 0.3) is 6.43 Å². The Morgan fingerprint density at radius 1 is 1.61 bits per heavy atom. The van der Waals surface area contributed by atoms with E-state index in [1.54, 1.807) is 6.92 Å². The number of ether oxygens (including phenoxy) is 1. The molecule has 2 unspecified atom stereocenters. The van der Waals surface area contributed by atoms with Gasteiger partial charge in [0, 0.05) is 12.1 Å². The van der Waals surface area contributed by atoms with Crippen molar-refractivity contribution in [3.8, 4) is 0 Å². The van der Waals surface area contributed by atoms with Crippen LogP contribution in [0.2, 0.25) is 0 Å². The SMILES string of the molecule is CCOC(=O)c1cnc(C2CC2C)nc1C(F)F. The third-order valence-corrected chi connectivity index (χ3v) is 2.98. The van der Waals surface area contributed by atoms with Crippen LogP contribution >= 0.6 is 0 Å². The summed E-state index contributed by atoms with van der Waals surface area (Å²) in [7, 11) is 0. The molecule has 1 saturated carbocycles. The maximum Gasteiger partial charge on any atom is 0.341 e. The van der Waals surface area contributed by atoms with E-state index < -0.39 is 18.1 Å². The number of rotatable bonds is 4. The lowest BCUT2D eigenvalue weighted by molar-refractivity contribution is 0.0512. The molecule has 0 amide bonds. The van der Waals surface area contributed by atoms with Crippen LogP contribution in [-0.4, -0.2) is 22.5 Å². The van der Waals surface area contributed by atoms with Crippen molar-refractivity contribution in [2.24, 2.45) is 5.92 Å². The maximum absolute atomic E-state index is 12.9. The van der Waals surface area contributed by atoms with E-state index in [0.717, 1.165) is 12.6 Å². The standard InChI is InChI=1S/C12H14F2N2O2/c1-3-18-12(17)8-5-15-11(7-4-6(7)2)16-9(8)10(13)14/h5-7,10H,3-4H2,1-2H3. The van der Waals surface area contributed by atoms with Crippen LogP contribution in [0.5, 0.6) is 0 Å². The van der Waals surface area contributed by atoms with Gasteiger partial charge < -0.3 is 4.74 Å². The van der Waals surface area contributed by atoms with Crippen LogP contribution in [0.25, 0.3) is 0 Å². The molecule has 4 nitrogen and oxygen atoms in total. The third kappa shape index (κ3) is 2.47. The minimum Gasteiger partial charge on any atom is -0.462 e. The van der Waals surface area contributed by atoms with Gasteiger partial charge in [-0.1, -0.05) is 6.92 Å². The van der Waals surface area contributed by atoms with E-state index in [-0.39, 0.29) is 18.1 Å². The minimum atomic E-state index is -2.81. The van der Waals surface area contributed by atoms with Crippen molar-refractivity contribution >= 4 is 5.97 Å². The van der Waals surface area contributed by atoms with Crippen LogP contribution < -0.4 is 0 Å². The molecule has 1 aromatic heterocycles. The molecular formula is C12H14F2N2O2. The van der Waals surface area contributed by atoms with Crippen LogP contribution in [0.1, 0.15) is 54.5 Å². The largest absolute Gasteiger partial charge is 0.462 e. The van der Waals surface area contributed by atoms with E-state index in [9.17, 15) is 13.6 Å². The molecule has 2 rings (SSSR count). The van der Waals surface area contributed by atoms with Gasteiger partial charge in [0.05, 0.1) is 6.61 Å². The van der Waals surface area contributed by atoms with Crippen molar-refractivity contribution in [3.05, 3.63) is 23.3 Å². The monoisotopic (exact) mass is 256 g/mol. The zero-order valence-corrected chi connectivity index (χ0v) is 10.2. The van der Waals surface area contributed by atoms with Crippen LogP contribution in [0.3, 0.4) is 0 Å². The summed E-state index contributed by atoms with van der Waals surface area (Å²) < 4.78 is 30.5. The lowest BCUT2D eigenvalue weighted by Crippen LogP contribution is -2.12. The van der Waals surface area contributed by atoms with Crippen molar-refractivity contribution in [1.29, 1.82) is 0 Å². The number of nitrogens with zero attached hydrogens (tertiary/aromatic N) is 2. The van der Waals surface area contributed by atoms with Crippen LogP contribution in [0.15, 0.2) is 6.20 Å². The lowest BCUT2D eigenvalue weighted by Gasteiger charge is -2.08. The Balaban J connectivity index is 2.32. The average Bonchev–Trinajstić information content (AvgIpc) is 3.06. The molecule has 0 spiro atoms. The highest BCUT2D eigenvalue weighted by atomic mass is 19.3. The number of carbonyl (C=O) groups excluding carboxylic acids is 1. The molecule has 1 heterocycles. The summed E-state index contributed by atoms with van der Waals surface area (Å²) in [5, 5.41) is 0. The molecule has 1 aromatic rings. The maximum atomic E-state index is 12.9. The molecule has 2 atom stereocenters. The summed E-state index contributed by atoms with van der Waals surface area (Å²) in [5.74, 6) is 0.150. The molecule has 98 valence electrons. The van der Waals surface area contributed by atoms with Gasteiger partial charge in [0.1, 0.15) is 17.1 Å². The van der Waals surface area contributed by atoms with E-state index in [1.807, 2.05) is 6.92 Å². The molecule has 1 aliphatic rings. The first-order valence-corrected chi connectivity index (χ1v) is 5.86. The normalized spacial score (nSPS) is 22.1. The van der Waals surface area contributed by atoms with Crippen molar-refractivity contribution in [2.75, 3.05) is 6.61 Å². The van der Waals surface area contributed by atoms with Crippen LogP contribution in [-0.2, 0) is 4.74 Å². The van der Waals surface area contributed by atoms with Crippen molar-refractivity contribution in [2.45, 2.75) is 32.6 Å². The highest BCUT2D eigenvalue weighted by Gasteiger charge is 2.37. The van der Waals surface area contributed by atoms with Crippen molar-refractivity contribution < 1.29 is 18.3 Å². The van der Waals surface area contributed by atoms with Gasteiger partial charge in [0.2, 0.25) is 0 Å². The van der Waals surface area contributed by atoms with Gasteiger partial charge in [0.15, 0.2) is 0 Å². The Bertz CT molecular complexity index is 465. The number of halogens is 2. The molecule has 1 fully saturated rings. The first-order valence-electron chi connectivity index (χ1n) is 5.86. The first-order chi connectivity index (χ1) is 8.54. The highest BCUT2D eigenvalue weighted by Crippen LogP contribution is 2.45. The van der Waals surface area contributed by atoms with Gasteiger partial charge in [-0.25, -0.2) is 23.5 Å². The molecule has 0 N–H and O–H groups in total. The fraction of sp³-hybridized carbons (Fsp3) is 0.583. The topological polar surface area (TPSA) is 52.1 Å². The quantitative estimate of drug-likeness (QED) is 0.777. The second-order valence-corrected chi connectivity index (χ2v) is 4.37. The molecule has 0 aromatic carbocycles. The number of alkyl halides is 2. The van der Waals surface area contributed by atoms with E-state index >= 15 is 0 Å². The smallest absolute Gasteiger partial charge is 0.341 e. The van der Waals surface area contributed by atoms with Gasteiger partial charge in [-0.3, -0.25) is 0 Å². The summed E-state index contributed by atoms with van der Waals surface area (Å²) in [5.41, 5.74) is -0.776. The Morgan fingerprint density at radius 2 is 2.28 bits per heavy atom. The highest BCUT2D eigenvalue weighted by molar-refractivity contribution is 5.90. The number of aromatic nitrogens is 2. The van der Waals surface area contributed by atoms with Gasteiger partial charge in [-0.2, -0.15) is 0 Å². The number of hydrogen-bond acceptors (Lipinski definition) is 4. The fourth-order valence-corrected chi connectivity index (χ4v) is 1.80. The summed E-state index contributed by atoms with van der Waals surface area (Å²) in [6, 6.07) is 0. The van der Waals surface area contributed by atoms with E-state index in [2.05, 4.69) is 9.97 Å². The number of carbonyl (C=O) groups is 1. The Labute approximate surface area is 103 Å². The second-order valence-electron chi connectivity index (χ2n) is 4.37. The van der Waals surface area contributed by atoms with Crippen molar-refractivity contribution in [1.82, 2.24) is 9.97 Å². The van der Waals surface area contributed by atoms with Crippen molar-refractivity contribution in [3.63, 3.8) is 0 Å². The van der Waals surface area contributed by atoms with Crippen LogP contribution in [0, 0.1) is 5.92 Å². The minimum absolute atomic E-state index is 0.128. The molecule has 6 heteroatoms. The van der Waals surface area contributed by atoms with E-state index in [1.165, 1.54) is 0 Å². The second kappa shape index (κ2) is 4.96. The summed E-state index contributed by atoms with van der Waals surface area (Å²) in [6.07, 6.45) is -0.755. The van der Waals surface area contributed by atoms with Gasteiger partial charge >= 0.3 is 5.97 Å². The van der Waals surface area contributed by atoms with Gasteiger partial charge in [-0.15, -0.1) is 0 Å². The molecule has 0 radical (unpaired) electrons. The summed E-state index contributed by atoms with van der Waals surface area (Å²) in [4.78, 5) is 19.3. The zero-order chi connectivity index (χ0) is 13.3.